The predicted octanol–water partition coefficient (Wildman–Crippen LogP) is -1.64. The quantitative estimate of drug-likeness (QED) is 0.661. The van der Waals surface area contributed by atoms with Crippen molar-refractivity contribution in [2.24, 2.45) is 0 Å². The number of carboxylic acid groups (broad SMARTS) is 1. The molecule has 1 N–H and O–H groups in total. The van der Waals surface area contributed by atoms with Gasteiger partial charge in [-0.1, -0.05) is 6.07 Å². The van der Waals surface area contributed by atoms with Gasteiger partial charge < -0.3 is 24.5 Å². The Morgan fingerprint density at radius 2 is 1.64 bits per heavy atom. The van der Waals surface area contributed by atoms with Crippen molar-refractivity contribution in [1.82, 2.24) is 0 Å². The van der Waals surface area contributed by atoms with Crippen molar-refractivity contribution in [2.45, 2.75) is 52.7 Å². The monoisotopic (exact) mass is 329 g/mol. The molecule has 1 aromatic rings. The number of carbonyl (C=O) groups is 1. The van der Waals surface area contributed by atoms with E-state index in [1.54, 1.807) is 6.07 Å². The van der Waals surface area contributed by atoms with Crippen LogP contribution < -0.4 is 67.3 Å². The molecule has 0 bridgehead atoms. The number of hydrogen-bond donors (Lipinski definition) is 1. The van der Waals surface area contributed by atoms with Gasteiger partial charge in [0.2, 0.25) is 0 Å². The van der Waals surface area contributed by atoms with Crippen LogP contribution >= 0.6 is 0 Å². The molecule has 1 amide bonds. The molecule has 0 atom stereocenters. The number of aryl methyl sites for hydroxylation is 1. The summed E-state index contributed by atoms with van der Waals surface area (Å²) in [6, 6.07) is 3.72. The van der Waals surface area contributed by atoms with Crippen LogP contribution in [0.2, 0.25) is 0 Å². The zero-order valence-electron chi connectivity index (χ0n) is 14.4. The minimum atomic E-state index is -1.33. The summed E-state index contributed by atoms with van der Waals surface area (Å²) in [5, 5.41) is 13.1. The first-order valence-corrected chi connectivity index (χ1v) is 6.98. The summed E-state index contributed by atoms with van der Waals surface area (Å²) in [5.41, 5.74) is 2.17. The average Bonchev–Trinajstić information content (AvgIpc) is 2.52. The Morgan fingerprint density at radius 3 is 2.09 bits per heavy atom. The first-order valence-electron chi connectivity index (χ1n) is 6.98. The smallest absolute Gasteiger partial charge is 0.530 e. The van der Waals surface area contributed by atoms with Gasteiger partial charge >= 0.3 is 58.5 Å². The Labute approximate surface area is 174 Å². The second-order valence-electron chi connectivity index (χ2n) is 6.53. The van der Waals surface area contributed by atoms with Crippen LogP contribution in [0.4, 0.5) is 10.5 Å². The third kappa shape index (κ3) is 3.95. The number of benzene rings is 1. The van der Waals surface area contributed by atoms with E-state index in [0.717, 1.165) is 16.6 Å². The summed E-state index contributed by atoms with van der Waals surface area (Å²) < 4.78 is 12.1. The van der Waals surface area contributed by atoms with Gasteiger partial charge in [-0.3, -0.25) is 0 Å². The molecule has 22 heavy (non-hydrogen) atoms. The maximum atomic E-state index is 10.8. The number of amides is 1. The molecule has 0 radical (unpaired) electrons. The number of anilines is 1. The first-order chi connectivity index (χ1) is 9.53. The van der Waals surface area contributed by atoms with Crippen molar-refractivity contribution in [1.29, 1.82) is 0 Å². The molecule has 0 unspecified atom stereocenters. The molecule has 1 aliphatic heterocycles. The second-order valence-corrected chi connectivity index (χ2v) is 6.53. The minimum absolute atomic E-state index is 0. The molecule has 0 spiro atoms. The molecule has 5 nitrogen and oxygen atoms in total. The summed E-state index contributed by atoms with van der Waals surface area (Å²) in [6.07, 6.45) is -1.33. The Balaban J connectivity index is 0.00000242. The van der Waals surface area contributed by atoms with Crippen LogP contribution in [0, 0.1) is 13.8 Å². The molecular formula is C15H21BKNO4. The summed E-state index contributed by atoms with van der Waals surface area (Å²) in [5.74, 6) is 0. The van der Waals surface area contributed by atoms with Crippen LogP contribution in [0.25, 0.3) is 0 Å². The summed E-state index contributed by atoms with van der Waals surface area (Å²) in [6.45, 7) is 11.7. The molecule has 1 heterocycles. The second kappa shape index (κ2) is 6.93. The molecule has 2 rings (SSSR count). The van der Waals surface area contributed by atoms with Gasteiger partial charge in [0.25, 0.3) is 0 Å². The van der Waals surface area contributed by atoms with E-state index < -0.39 is 24.4 Å². The zero-order chi connectivity index (χ0) is 16.0. The molecule has 1 aliphatic rings. The normalized spacial score (nSPS) is 18.7. The molecule has 0 saturated carbocycles. The number of rotatable bonds is 2. The molecule has 1 aromatic carbocycles. The van der Waals surface area contributed by atoms with E-state index in [1.807, 2.05) is 47.6 Å². The topological polar surface area (TPSA) is 70.6 Å². The van der Waals surface area contributed by atoms with E-state index in [1.165, 1.54) is 0 Å². The number of carbonyl (C=O) groups excluding carboxylic acids is 1. The fourth-order valence-electron chi connectivity index (χ4n) is 2.34. The number of hydrogen-bond acceptors (Lipinski definition) is 4. The van der Waals surface area contributed by atoms with Crippen LogP contribution in [0.1, 0.15) is 38.8 Å². The van der Waals surface area contributed by atoms with Gasteiger partial charge in [0.15, 0.2) is 0 Å². The van der Waals surface area contributed by atoms with E-state index in [0.29, 0.717) is 5.69 Å². The molecule has 0 aliphatic carbocycles. The van der Waals surface area contributed by atoms with Gasteiger partial charge in [-0.25, -0.2) is 0 Å². The van der Waals surface area contributed by atoms with Gasteiger partial charge in [-0.2, -0.15) is 0 Å². The summed E-state index contributed by atoms with van der Waals surface area (Å²) >= 11 is 0. The molecule has 1 saturated heterocycles. The van der Waals surface area contributed by atoms with Crippen LogP contribution in [0.15, 0.2) is 12.1 Å². The van der Waals surface area contributed by atoms with Crippen molar-refractivity contribution in [3.05, 3.63) is 23.3 Å². The van der Waals surface area contributed by atoms with Crippen molar-refractivity contribution in [2.75, 3.05) is 5.32 Å². The van der Waals surface area contributed by atoms with Gasteiger partial charge in [-0.15, -0.1) is 0 Å². The average molecular weight is 329 g/mol. The molecule has 0 aromatic heterocycles. The van der Waals surface area contributed by atoms with Crippen molar-refractivity contribution >= 4 is 24.4 Å². The Hall–Kier alpha value is 0.111. The van der Waals surface area contributed by atoms with Crippen molar-refractivity contribution < 1.29 is 70.6 Å². The molecular weight excluding hydrogens is 308 g/mol. The number of nitrogens with one attached hydrogen (secondary N) is 1. The standard InChI is InChI=1S/C15H22BNO4.K/c1-9-7-11(10(2)12(8-9)17-13(18)19)16-20-14(3,4)15(5,6)21-16;/h7-8,17H,1-6H3,(H,18,19);/q;+1/p-1. The van der Waals surface area contributed by atoms with Gasteiger partial charge in [0.1, 0.15) is 6.09 Å². The predicted molar refractivity (Wildman–Crippen MR) is 80.7 cm³/mol. The summed E-state index contributed by atoms with van der Waals surface area (Å²) in [4.78, 5) is 10.8. The summed E-state index contributed by atoms with van der Waals surface area (Å²) in [7, 11) is -0.516. The maximum absolute atomic E-state index is 10.8. The van der Waals surface area contributed by atoms with Crippen LogP contribution in [-0.4, -0.2) is 24.4 Å². The maximum Gasteiger partial charge on any atom is 1.00 e. The van der Waals surface area contributed by atoms with Crippen LogP contribution in [0.3, 0.4) is 0 Å². The van der Waals surface area contributed by atoms with E-state index in [9.17, 15) is 9.90 Å². The van der Waals surface area contributed by atoms with E-state index in [2.05, 4.69) is 5.32 Å². The largest absolute Gasteiger partial charge is 1.00 e. The third-order valence-electron chi connectivity index (χ3n) is 4.34. The molecule has 114 valence electrons. The fourth-order valence-corrected chi connectivity index (χ4v) is 2.34. The van der Waals surface area contributed by atoms with Gasteiger partial charge in [-0.05, 0) is 64.2 Å². The van der Waals surface area contributed by atoms with Crippen LogP contribution in [-0.2, 0) is 9.31 Å². The molecule has 7 heteroatoms. The third-order valence-corrected chi connectivity index (χ3v) is 4.34. The molecule has 1 fully saturated rings. The minimum Gasteiger partial charge on any atom is -0.530 e. The van der Waals surface area contributed by atoms with E-state index in [-0.39, 0.29) is 51.4 Å². The van der Waals surface area contributed by atoms with Crippen molar-refractivity contribution in [3.8, 4) is 0 Å². The van der Waals surface area contributed by atoms with Gasteiger partial charge in [0, 0.05) is 5.69 Å². The van der Waals surface area contributed by atoms with Crippen molar-refractivity contribution in [3.63, 3.8) is 0 Å². The van der Waals surface area contributed by atoms with Crippen LogP contribution in [0.5, 0.6) is 0 Å². The fraction of sp³-hybridized carbons (Fsp3) is 0.533. The van der Waals surface area contributed by atoms with Gasteiger partial charge in [0.05, 0.1) is 11.2 Å². The zero-order valence-corrected chi connectivity index (χ0v) is 17.5. The van der Waals surface area contributed by atoms with E-state index in [4.69, 9.17) is 9.31 Å². The SMILES string of the molecule is Cc1cc(NC(=O)[O-])c(C)c(B2OC(C)(C)C(C)(C)O2)c1.[K+]. The Bertz CT molecular complexity index is 573. The Kier molecular flexibility index (Phi) is 6.35. The first kappa shape index (κ1) is 20.2. The van der Waals surface area contributed by atoms with E-state index >= 15 is 0 Å². The Morgan fingerprint density at radius 1 is 1.14 bits per heavy atom.